The molecule has 154 valence electrons. The summed E-state index contributed by atoms with van der Waals surface area (Å²) in [4.78, 5) is 42.1. The van der Waals surface area contributed by atoms with Gasteiger partial charge in [0.05, 0.1) is 13.0 Å². The van der Waals surface area contributed by atoms with E-state index < -0.39 is 6.04 Å². The summed E-state index contributed by atoms with van der Waals surface area (Å²) in [5, 5.41) is 4.82. The smallest absolute Gasteiger partial charge is 0.245 e. The molecule has 0 aliphatic carbocycles. The van der Waals surface area contributed by atoms with Gasteiger partial charge in [-0.15, -0.1) is 11.3 Å². The van der Waals surface area contributed by atoms with Crippen LogP contribution in [0.4, 0.5) is 5.69 Å². The standard InChI is InChI=1S/C22H27N3O3S/c1-15-7-4-9-18(16(15)2)23-20(26)14-24(3)22(28)19-10-5-11-25(19)21(27)13-17-8-6-12-29-17/h4,6-9,12,19H,5,10-11,13-14H2,1-3H3,(H,23,26). The number of hydrogen-bond donors (Lipinski definition) is 1. The van der Waals surface area contributed by atoms with Gasteiger partial charge in [-0.25, -0.2) is 0 Å². The first-order chi connectivity index (χ1) is 13.9. The van der Waals surface area contributed by atoms with Gasteiger partial charge in [-0.05, 0) is 55.3 Å². The quantitative estimate of drug-likeness (QED) is 0.792. The maximum Gasteiger partial charge on any atom is 0.245 e. The molecule has 0 spiro atoms. The zero-order valence-corrected chi connectivity index (χ0v) is 17.9. The lowest BCUT2D eigenvalue weighted by Crippen LogP contribution is -2.48. The van der Waals surface area contributed by atoms with Gasteiger partial charge in [0.15, 0.2) is 0 Å². The zero-order chi connectivity index (χ0) is 21.0. The van der Waals surface area contributed by atoms with Crippen LogP contribution in [0.25, 0.3) is 0 Å². The summed E-state index contributed by atoms with van der Waals surface area (Å²) in [6.07, 6.45) is 1.76. The Morgan fingerprint density at radius 2 is 2.00 bits per heavy atom. The summed E-state index contributed by atoms with van der Waals surface area (Å²) in [5.41, 5.74) is 2.86. The summed E-state index contributed by atoms with van der Waals surface area (Å²) in [6.45, 7) is 4.48. The van der Waals surface area contributed by atoms with Gasteiger partial charge in [0, 0.05) is 24.2 Å². The highest BCUT2D eigenvalue weighted by Gasteiger charge is 2.36. The number of anilines is 1. The van der Waals surface area contributed by atoms with Gasteiger partial charge >= 0.3 is 0 Å². The number of nitrogens with zero attached hydrogens (tertiary/aromatic N) is 2. The third kappa shape index (κ3) is 5.03. The number of carbonyl (C=O) groups excluding carboxylic acids is 3. The van der Waals surface area contributed by atoms with E-state index in [1.807, 2.05) is 49.6 Å². The maximum atomic E-state index is 12.9. The molecule has 1 unspecified atom stereocenters. The van der Waals surface area contributed by atoms with Crippen LogP contribution < -0.4 is 5.32 Å². The lowest BCUT2D eigenvalue weighted by Gasteiger charge is -2.28. The number of carbonyl (C=O) groups is 3. The molecule has 1 aromatic heterocycles. The van der Waals surface area contributed by atoms with Gasteiger partial charge in [0.2, 0.25) is 17.7 Å². The van der Waals surface area contributed by atoms with E-state index in [1.165, 1.54) is 4.90 Å². The normalized spacial score (nSPS) is 16.0. The molecule has 0 bridgehead atoms. The second-order valence-corrected chi connectivity index (χ2v) is 8.52. The highest BCUT2D eigenvalue weighted by atomic mass is 32.1. The van der Waals surface area contributed by atoms with E-state index in [2.05, 4.69) is 5.32 Å². The maximum absolute atomic E-state index is 12.9. The molecule has 0 radical (unpaired) electrons. The van der Waals surface area contributed by atoms with E-state index in [9.17, 15) is 14.4 Å². The molecular formula is C22H27N3O3S. The number of nitrogens with one attached hydrogen (secondary N) is 1. The largest absolute Gasteiger partial charge is 0.335 e. The van der Waals surface area contributed by atoms with Crippen LogP contribution in [0.15, 0.2) is 35.7 Å². The molecule has 1 aromatic carbocycles. The molecule has 3 amide bonds. The van der Waals surface area contributed by atoms with Gasteiger partial charge in [0.25, 0.3) is 0 Å². The van der Waals surface area contributed by atoms with Gasteiger partial charge in [-0.3, -0.25) is 14.4 Å². The van der Waals surface area contributed by atoms with Crippen LogP contribution in [0.3, 0.4) is 0 Å². The van der Waals surface area contributed by atoms with Crippen molar-refractivity contribution < 1.29 is 14.4 Å². The number of benzene rings is 1. The van der Waals surface area contributed by atoms with Gasteiger partial charge in [-0.1, -0.05) is 18.2 Å². The lowest BCUT2D eigenvalue weighted by molar-refractivity contribution is -0.143. The topological polar surface area (TPSA) is 69.7 Å². The Labute approximate surface area is 175 Å². The summed E-state index contributed by atoms with van der Waals surface area (Å²) in [7, 11) is 1.62. The minimum atomic E-state index is -0.485. The number of amides is 3. The molecule has 3 rings (SSSR count). The number of likely N-dealkylation sites (N-methyl/N-ethyl adjacent to an activating group) is 1. The average Bonchev–Trinajstić information content (AvgIpc) is 3.36. The molecule has 2 heterocycles. The van der Waals surface area contributed by atoms with Crippen molar-refractivity contribution in [1.29, 1.82) is 0 Å². The third-order valence-corrected chi connectivity index (χ3v) is 6.28. The van der Waals surface area contributed by atoms with Gasteiger partial charge in [-0.2, -0.15) is 0 Å². The van der Waals surface area contributed by atoms with Crippen LogP contribution >= 0.6 is 11.3 Å². The van der Waals surface area contributed by atoms with Crippen molar-refractivity contribution in [2.24, 2.45) is 0 Å². The molecule has 7 heteroatoms. The second kappa shape index (κ2) is 9.22. The highest BCUT2D eigenvalue weighted by molar-refractivity contribution is 7.10. The van der Waals surface area contributed by atoms with Crippen molar-refractivity contribution in [3.63, 3.8) is 0 Å². The molecule has 1 saturated heterocycles. The SMILES string of the molecule is Cc1cccc(NC(=O)CN(C)C(=O)C2CCCN2C(=O)Cc2cccs2)c1C. The molecule has 6 nitrogen and oxygen atoms in total. The summed E-state index contributed by atoms with van der Waals surface area (Å²) in [5.74, 6) is -0.460. The number of likely N-dealkylation sites (tertiary alicyclic amines) is 1. The fourth-order valence-electron chi connectivity index (χ4n) is 3.61. The highest BCUT2D eigenvalue weighted by Crippen LogP contribution is 2.22. The van der Waals surface area contributed by atoms with E-state index in [-0.39, 0.29) is 24.3 Å². The molecule has 1 atom stereocenters. The number of hydrogen-bond acceptors (Lipinski definition) is 4. The van der Waals surface area contributed by atoms with Crippen molar-refractivity contribution in [1.82, 2.24) is 9.80 Å². The predicted octanol–water partition coefficient (Wildman–Crippen LogP) is 3.00. The number of rotatable bonds is 6. The van der Waals surface area contributed by atoms with Crippen molar-refractivity contribution in [3.8, 4) is 0 Å². The van der Waals surface area contributed by atoms with Crippen LogP contribution in [-0.4, -0.2) is 53.7 Å². The Morgan fingerprint density at radius 3 is 2.72 bits per heavy atom. The third-order valence-electron chi connectivity index (χ3n) is 5.40. The second-order valence-electron chi connectivity index (χ2n) is 7.49. The van der Waals surface area contributed by atoms with Crippen LogP contribution in [-0.2, 0) is 20.8 Å². The van der Waals surface area contributed by atoms with E-state index in [0.29, 0.717) is 19.4 Å². The Morgan fingerprint density at radius 1 is 1.21 bits per heavy atom. The number of thiophene rings is 1. The van der Waals surface area contributed by atoms with Gasteiger partial charge in [0.1, 0.15) is 6.04 Å². The van der Waals surface area contributed by atoms with Gasteiger partial charge < -0.3 is 15.1 Å². The molecular weight excluding hydrogens is 386 g/mol. The molecule has 1 aliphatic heterocycles. The Kier molecular flexibility index (Phi) is 6.69. The van der Waals surface area contributed by atoms with E-state index >= 15 is 0 Å². The fourth-order valence-corrected chi connectivity index (χ4v) is 4.31. The van der Waals surface area contributed by atoms with Crippen molar-refractivity contribution >= 4 is 34.7 Å². The minimum absolute atomic E-state index is 0.0310. The molecule has 0 saturated carbocycles. The summed E-state index contributed by atoms with van der Waals surface area (Å²) >= 11 is 1.54. The lowest BCUT2D eigenvalue weighted by atomic mass is 10.1. The zero-order valence-electron chi connectivity index (χ0n) is 17.1. The van der Waals surface area contributed by atoms with Crippen LogP contribution in [0, 0.1) is 13.8 Å². The fraction of sp³-hybridized carbons (Fsp3) is 0.409. The van der Waals surface area contributed by atoms with Crippen LogP contribution in [0.5, 0.6) is 0 Å². The van der Waals surface area contributed by atoms with Crippen LogP contribution in [0.1, 0.15) is 28.8 Å². The summed E-state index contributed by atoms with van der Waals surface area (Å²) in [6, 6.07) is 9.09. The van der Waals surface area contributed by atoms with E-state index in [4.69, 9.17) is 0 Å². The monoisotopic (exact) mass is 413 g/mol. The molecule has 1 fully saturated rings. The first kappa shape index (κ1) is 21.0. The first-order valence-electron chi connectivity index (χ1n) is 9.79. The Bertz CT molecular complexity index is 895. The van der Waals surface area contributed by atoms with Crippen molar-refractivity contribution in [3.05, 3.63) is 51.7 Å². The molecule has 1 N–H and O–H groups in total. The Balaban J connectivity index is 1.59. The van der Waals surface area contributed by atoms with E-state index in [0.717, 1.165) is 28.1 Å². The predicted molar refractivity (Wildman–Crippen MR) is 115 cm³/mol. The molecule has 2 aromatic rings. The first-order valence-corrected chi connectivity index (χ1v) is 10.7. The van der Waals surface area contributed by atoms with Crippen LogP contribution in [0.2, 0.25) is 0 Å². The summed E-state index contributed by atoms with van der Waals surface area (Å²) < 4.78 is 0. The van der Waals surface area contributed by atoms with E-state index in [1.54, 1.807) is 23.3 Å². The minimum Gasteiger partial charge on any atom is -0.335 e. The molecule has 29 heavy (non-hydrogen) atoms. The van der Waals surface area contributed by atoms with Crippen molar-refractivity contribution in [2.75, 3.05) is 25.5 Å². The number of aryl methyl sites for hydroxylation is 1. The molecule has 1 aliphatic rings. The Hall–Kier alpha value is -2.67. The van der Waals surface area contributed by atoms with Crippen molar-refractivity contribution in [2.45, 2.75) is 39.2 Å². The average molecular weight is 414 g/mol.